The molecule has 0 bridgehead atoms. The molecule has 17 heavy (non-hydrogen) atoms. The summed E-state index contributed by atoms with van der Waals surface area (Å²) < 4.78 is 5.43. The first-order chi connectivity index (χ1) is 8.25. The Morgan fingerprint density at radius 3 is 3.12 bits per heavy atom. The summed E-state index contributed by atoms with van der Waals surface area (Å²) in [4.78, 5) is 2.48. The maximum atomic E-state index is 5.43. The van der Waals surface area contributed by atoms with Crippen LogP contribution in [0.5, 0.6) is 0 Å². The molecule has 1 aromatic rings. The first kappa shape index (κ1) is 12.4. The van der Waals surface area contributed by atoms with E-state index in [0.29, 0.717) is 6.04 Å². The first-order valence-electron chi connectivity index (χ1n) is 6.38. The molecule has 1 aromatic carbocycles. The summed E-state index contributed by atoms with van der Waals surface area (Å²) in [6.07, 6.45) is 0. The molecule has 0 amide bonds. The van der Waals surface area contributed by atoms with Gasteiger partial charge >= 0.3 is 0 Å². The van der Waals surface area contributed by atoms with Crippen molar-refractivity contribution in [3.8, 4) is 0 Å². The summed E-state index contributed by atoms with van der Waals surface area (Å²) in [6, 6.07) is 9.06. The first-order valence-corrected chi connectivity index (χ1v) is 6.38. The fourth-order valence-corrected chi connectivity index (χ4v) is 2.19. The molecule has 1 saturated heterocycles. The lowest BCUT2D eigenvalue weighted by Gasteiger charge is -2.33. The van der Waals surface area contributed by atoms with Gasteiger partial charge in [0.05, 0.1) is 13.2 Å². The van der Waals surface area contributed by atoms with Crippen LogP contribution in [0.1, 0.15) is 12.5 Å². The van der Waals surface area contributed by atoms with Crippen LogP contribution in [-0.2, 0) is 4.74 Å². The lowest BCUT2D eigenvalue weighted by atomic mass is 10.2. The molecule has 94 valence electrons. The summed E-state index contributed by atoms with van der Waals surface area (Å²) in [6.45, 7) is 9.21. The van der Waals surface area contributed by atoms with E-state index in [0.717, 1.165) is 32.8 Å². The zero-order valence-corrected chi connectivity index (χ0v) is 10.8. The van der Waals surface area contributed by atoms with Crippen LogP contribution in [0.25, 0.3) is 0 Å². The standard InChI is InChI=1S/C14H22N2O/c1-12-4-3-5-14(10-12)15-6-7-16-8-9-17-11-13(16)2/h3-5,10,13,15H,6-9,11H2,1-2H3. The molecule has 2 rings (SSSR count). The van der Waals surface area contributed by atoms with Crippen LogP contribution in [0.2, 0.25) is 0 Å². The Kier molecular flexibility index (Phi) is 4.40. The van der Waals surface area contributed by atoms with Crippen LogP contribution in [0.3, 0.4) is 0 Å². The number of hydrogen-bond acceptors (Lipinski definition) is 3. The van der Waals surface area contributed by atoms with Crippen molar-refractivity contribution in [3.05, 3.63) is 29.8 Å². The molecule has 0 saturated carbocycles. The fourth-order valence-electron chi connectivity index (χ4n) is 2.19. The highest BCUT2D eigenvalue weighted by Gasteiger charge is 2.17. The molecule has 1 fully saturated rings. The molecule has 1 heterocycles. The van der Waals surface area contributed by atoms with Crippen molar-refractivity contribution in [3.63, 3.8) is 0 Å². The van der Waals surface area contributed by atoms with Crippen LogP contribution >= 0.6 is 0 Å². The Hall–Kier alpha value is -1.06. The third-order valence-corrected chi connectivity index (χ3v) is 3.25. The molecular weight excluding hydrogens is 212 g/mol. The van der Waals surface area contributed by atoms with Gasteiger partial charge in [-0.1, -0.05) is 12.1 Å². The smallest absolute Gasteiger partial charge is 0.0619 e. The van der Waals surface area contributed by atoms with E-state index in [1.807, 2.05) is 0 Å². The maximum Gasteiger partial charge on any atom is 0.0619 e. The number of nitrogens with zero attached hydrogens (tertiary/aromatic N) is 1. The maximum absolute atomic E-state index is 5.43. The van der Waals surface area contributed by atoms with E-state index < -0.39 is 0 Å². The Morgan fingerprint density at radius 1 is 1.47 bits per heavy atom. The van der Waals surface area contributed by atoms with Gasteiger partial charge in [0, 0.05) is 31.4 Å². The largest absolute Gasteiger partial charge is 0.384 e. The summed E-state index contributed by atoms with van der Waals surface area (Å²) in [5, 5.41) is 3.47. The Morgan fingerprint density at radius 2 is 2.35 bits per heavy atom. The fraction of sp³-hybridized carbons (Fsp3) is 0.571. The van der Waals surface area contributed by atoms with Crippen molar-refractivity contribution in [2.75, 3.05) is 38.2 Å². The molecule has 1 unspecified atom stereocenters. The predicted molar refractivity (Wildman–Crippen MR) is 71.5 cm³/mol. The normalized spacial score (nSPS) is 21.4. The number of aryl methyl sites for hydroxylation is 1. The van der Waals surface area contributed by atoms with Gasteiger partial charge in [0.15, 0.2) is 0 Å². The van der Waals surface area contributed by atoms with Gasteiger partial charge in [-0.05, 0) is 31.5 Å². The van der Waals surface area contributed by atoms with Gasteiger partial charge in [-0.15, -0.1) is 0 Å². The quantitative estimate of drug-likeness (QED) is 0.863. The topological polar surface area (TPSA) is 24.5 Å². The van der Waals surface area contributed by atoms with Crippen LogP contribution in [0, 0.1) is 6.92 Å². The minimum Gasteiger partial charge on any atom is -0.384 e. The number of morpholine rings is 1. The van der Waals surface area contributed by atoms with Gasteiger partial charge < -0.3 is 10.1 Å². The van der Waals surface area contributed by atoms with Gasteiger partial charge in [0.2, 0.25) is 0 Å². The van der Waals surface area contributed by atoms with E-state index >= 15 is 0 Å². The number of anilines is 1. The molecule has 3 nitrogen and oxygen atoms in total. The van der Waals surface area contributed by atoms with E-state index in [2.05, 4.69) is 48.3 Å². The zero-order valence-electron chi connectivity index (χ0n) is 10.8. The highest BCUT2D eigenvalue weighted by atomic mass is 16.5. The molecular formula is C14H22N2O. The van der Waals surface area contributed by atoms with Crippen LogP contribution < -0.4 is 5.32 Å². The lowest BCUT2D eigenvalue weighted by molar-refractivity contribution is 0.00181. The van der Waals surface area contributed by atoms with Gasteiger partial charge in [-0.25, -0.2) is 0 Å². The second kappa shape index (κ2) is 6.03. The molecule has 0 spiro atoms. The second-order valence-electron chi connectivity index (χ2n) is 4.76. The third-order valence-electron chi connectivity index (χ3n) is 3.25. The van der Waals surface area contributed by atoms with Gasteiger partial charge in [-0.3, -0.25) is 4.90 Å². The van der Waals surface area contributed by atoms with Crippen molar-refractivity contribution in [1.82, 2.24) is 4.90 Å². The lowest BCUT2D eigenvalue weighted by Crippen LogP contribution is -2.45. The highest BCUT2D eigenvalue weighted by Crippen LogP contribution is 2.10. The molecule has 1 aliphatic rings. The summed E-state index contributed by atoms with van der Waals surface area (Å²) in [5.74, 6) is 0. The van der Waals surface area contributed by atoms with E-state index in [-0.39, 0.29) is 0 Å². The van der Waals surface area contributed by atoms with E-state index in [9.17, 15) is 0 Å². The molecule has 1 N–H and O–H groups in total. The van der Waals surface area contributed by atoms with Crippen molar-refractivity contribution in [1.29, 1.82) is 0 Å². The van der Waals surface area contributed by atoms with Crippen molar-refractivity contribution < 1.29 is 4.74 Å². The zero-order chi connectivity index (χ0) is 12.1. The Labute approximate surface area is 104 Å². The SMILES string of the molecule is Cc1cccc(NCCN2CCOCC2C)c1. The van der Waals surface area contributed by atoms with Crippen LogP contribution in [0.15, 0.2) is 24.3 Å². The summed E-state index contributed by atoms with van der Waals surface area (Å²) in [5.41, 5.74) is 2.51. The van der Waals surface area contributed by atoms with E-state index in [1.165, 1.54) is 11.3 Å². The van der Waals surface area contributed by atoms with Gasteiger partial charge in [0.25, 0.3) is 0 Å². The number of nitrogens with one attached hydrogen (secondary N) is 1. The van der Waals surface area contributed by atoms with Gasteiger partial charge in [-0.2, -0.15) is 0 Å². The third kappa shape index (κ3) is 3.72. The predicted octanol–water partition coefficient (Wildman–Crippen LogP) is 2.13. The number of benzene rings is 1. The van der Waals surface area contributed by atoms with Crippen LogP contribution in [-0.4, -0.2) is 43.8 Å². The van der Waals surface area contributed by atoms with Crippen molar-refractivity contribution in [2.45, 2.75) is 19.9 Å². The number of hydrogen-bond donors (Lipinski definition) is 1. The van der Waals surface area contributed by atoms with Crippen LogP contribution in [0.4, 0.5) is 5.69 Å². The molecule has 0 aromatic heterocycles. The number of rotatable bonds is 4. The highest BCUT2D eigenvalue weighted by molar-refractivity contribution is 5.45. The second-order valence-corrected chi connectivity index (χ2v) is 4.76. The average Bonchev–Trinajstić information content (AvgIpc) is 2.32. The molecule has 1 aliphatic heterocycles. The van der Waals surface area contributed by atoms with Gasteiger partial charge in [0.1, 0.15) is 0 Å². The monoisotopic (exact) mass is 234 g/mol. The summed E-state index contributed by atoms with van der Waals surface area (Å²) >= 11 is 0. The molecule has 0 aliphatic carbocycles. The minimum absolute atomic E-state index is 0.544. The molecule has 1 atom stereocenters. The average molecular weight is 234 g/mol. The van der Waals surface area contributed by atoms with Crippen molar-refractivity contribution in [2.24, 2.45) is 0 Å². The Bertz CT molecular complexity index is 354. The van der Waals surface area contributed by atoms with Crippen molar-refractivity contribution >= 4 is 5.69 Å². The Balaban J connectivity index is 1.75. The van der Waals surface area contributed by atoms with E-state index in [4.69, 9.17) is 4.74 Å². The molecule has 0 radical (unpaired) electrons. The molecule has 3 heteroatoms. The minimum atomic E-state index is 0.544. The summed E-state index contributed by atoms with van der Waals surface area (Å²) in [7, 11) is 0. The van der Waals surface area contributed by atoms with E-state index in [1.54, 1.807) is 0 Å². The number of ether oxygens (including phenoxy) is 1.